The van der Waals surface area contributed by atoms with E-state index >= 15 is 0 Å². The van der Waals surface area contributed by atoms with Gasteiger partial charge in [-0.25, -0.2) is 8.42 Å². The number of nitrogens with two attached hydrogens (primary N) is 1. The standard InChI is InChI=1S/C8H18N2O4S/c1-10(4-5-15(3,12)13)7(6-9)8(11)14-2/h7H,4-6,9H2,1-3H3. The highest BCUT2D eigenvalue weighted by Gasteiger charge is 2.22. The normalized spacial score (nSPS) is 13.9. The molecule has 1 atom stereocenters. The Morgan fingerprint density at radius 1 is 1.53 bits per heavy atom. The maximum absolute atomic E-state index is 11.2. The summed E-state index contributed by atoms with van der Waals surface area (Å²) in [7, 11) is -0.116. The average Bonchev–Trinajstić information content (AvgIpc) is 2.14. The summed E-state index contributed by atoms with van der Waals surface area (Å²) < 4.78 is 26.4. The third-order valence-electron chi connectivity index (χ3n) is 2.04. The van der Waals surface area contributed by atoms with Gasteiger partial charge in [0.25, 0.3) is 0 Å². The summed E-state index contributed by atoms with van der Waals surface area (Å²) in [4.78, 5) is 12.8. The minimum Gasteiger partial charge on any atom is -0.468 e. The summed E-state index contributed by atoms with van der Waals surface area (Å²) in [5.74, 6) is -0.453. The lowest BCUT2D eigenvalue weighted by molar-refractivity contribution is -0.145. The predicted molar refractivity (Wildman–Crippen MR) is 57.2 cm³/mol. The van der Waals surface area contributed by atoms with Gasteiger partial charge in [-0.05, 0) is 7.05 Å². The SMILES string of the molecule is COC(=O)C(CN)N(C)CCS(C)(=O)=O. The van der Waals surface area contributed by atoms with Crippen LogP contribution in [0.1, 0.15) is 0 Å². The molecule has 1 unspecified atom stereocenters. The molecule has 0 saturated carbocycles. The van der Waals surface area contributed by atoms with Crippen LogP contribution in [0.4, 0.5) is 0 Å². The van der Waals surface area contributed by atoms with Crippen molar-refractivity contribution < 1.29 is 17.9 Å². The Balaban J connectivity index is 4.28. The first-order valence-corrected chi connectivity index (χ1v) is 6.53. The molecule has 0 radical (unpaired) electrons. The van der Waals surface area contributed by atoms with Crippen molar-refractivity contribution in [3.8, 4) is 0 Å². The molecular formula is C8H18N2O4S. The van der Waals surface area contributed by atoms with Gasteiger partial charge in [0.05, 0.1) is 12.9 Å². The Hall–Kier alpha value is -0.660. The van der Waals surface area contributed by atoms with E-state index in [1.807, 2.05) is 0 Å². The number of ether oxygens (including phenoxy) is 1. The second-order valence-corrected chi connectivity index (χ2v) is 5.64. The Kier molecular flexibility index (Phi) is 5.77. The Morgan fingerprint density at radius 3 is 2.40 bits per heavy atom. The molecule has 6 nitrogen and oxygen atoms in total. The van der Waals surface area contributed by atoms with E-state index in [1.54, 1.807) is 11.9 Å². The fourth-order valence-electron chi connectivity index (χ4n) is 1.06. The zero-order valence-electron chi connectivity index (χ0n) is 9.26. The predicted octanol–water partition coefficient (Wildman–Crippen LogP) is -1.54. The van der Waals surface area contributed by atoms with Gasteiger partial charge >= 0.3 is 5.97 Å². The van der Waals surface area contributed by atoms with E-state index in [4.69, 9.17) is 5.73 Å². The highest BCUT2D eigenvalue weighted by Crippen LogP contribution is 1.98. The number of nitrogens with zero attached hydrogens (tertiary/aromatic N) is 1. The van der Waals surface area contributed by atoms with Crippen LogP contribution in [0.2, 0.25) is 0 Å². The van der Waals surface area contributed by atoms with Gasteiger partial charge in [0.15, 0.2) is 0 Å². The Bertz CT molecular complexity index is 302. The number of sulfone groups is 1. The van der Waals surface area contributed by atoms with Gasteiger partial charge in [0.1, 0.15) is 15.9 Å². The van der Waals surface area contributed by atoms with Crippen LogP contribution >= 0.6 is 0 Å². The first-order chi connectivity index (χ1) is 6.81. The molecule has 7 heteroatoms. The average molecular weight is 238 g/mol. The third kappa shape index (κ3) is 5.71. The van der Waals surface area contributed by atoms with Gasteiger partial charge in [-0.1, -0.05) is 0 Å². The molecule has 0 aromatic carbocycles. The quantitative estimate of drug-likeness (QED) is 0.564. The summed E-state index contributed by atoms with van der Waals surface area (Å²) in [5.41, 5.74) is 5.40. The fourth-order valence-corrected chi connectivity index (χ4v) is 1.68. The van der Waals surface area contributed by atoms with Crippen LogP contribution in [-0.2, 0) is 19.4 Å². The van der Waals surface area contributed by atoms with Crippen molar-refractivity contribution in [2.75, 3.05) is 39.3 Å². The number of carbonyl (C=O) groups excluding carboxylic acids is 1. The topological polar surface area (TPSA) is 89.7 Å². The van der Waals surface area contributed by atoms with Crippen molar-refractivity contribution in [3.05, 3.63) is 0 Å². The zero-order valence-corrected chi connectivity index (χ0v) is 10.1. The second-order valence-electron chi connectivity index (χ2n) is 3.39. The van der Waals surface area contributed by atoms with Crippen molar-refractivity contribution in [1.29, 1.82) is 0 Å². The van der Waals surface area contributed by atoms with Gasteiger partial charge in [0, 0.05) is 19.3 Å². The van der Waals surface area contributed by atoms with E-state index in [0.717, 1.165) is 6.26 Å². The molecule has 0 aliphatic carbocycles. The number of hydrogen-bond donors (Lipinski definition) is 1. The number of rotatable bonds is 6. The van der Waals surface area contributed by atoms with Gasteiger partial charge in [0.2, 0.25) is 0 Å². The Morgan fingerprint density at radius 2 is 2.07 bits per heavy atom. The minimum atomic E-state index is -3.03. The first kappa shape index (κ1) is 14.3. The highest BCUT2D eigenvalue weighted by molar-refractivity contribution is 7.90. The number of carbonyl (C=O) groups is 1. The van der Waals surface area contributed by atoms with E-state index in [-0.39, 0.29) is 18.8 Å². The minimum absolute atomic E-state index is 0.00298. The summed E-state index contributed by atoms with van der Waals surface area (Å²) in [6.07, 6.45) is 1.15. The number of esters is 1. The maximum atomic E-state index is 11.2. The van der Waals surface area contributed by atoms with Crippen LogP contribution in [0.5, 0.6) is 0 Å². The fraction of sp³-hybridized carbons (Fsp3) is 0.875. The monoisotopic (exact) mass is 238 g/mol. The molecule has 15 heavy (non-hydrogen) atoms. The largest absolute Gasteiger partial charge is 0.468 e. The Labute approximate surface area is 90.3 Å². The van der Waals surface area contributed by atoms with Crippen molar-refractivity contribution in [3.63, 3.8) is 0 Å². The number of methoxy groups -OCH3 is 1. The van der Waals surface area contributed by atoms with E-state index in [2.05, 4.69) is 4.74 Å². The van der Waals surface area contributed by atoms with Gasteiger partial charge in [-0.3, -0.25) is 9.69 Å². The lowest BCUT2D eigenvalue weighted by atomic mass is 10.2. The van der Waals surface area contributed by atoms with Gasteiger partial charge in [-0.15, -0.1) is 0 Å². The molecule has 0 saturated heterocycles. The molecule has 0 aliphatic rings. The van der Waals surface area contributed by atoms with E-state index in [1.165, 1.54) is 7.11 Å². The summed E-state index contributed by atoms with van der Waals surface area (Å²) in [5, 5.41) is 0. The lowest BCUT2D eigenvalue weighted by Gasteiger charge is -2.23. The molecule has 0 amide bonds. The summed E-state index contributed by atoms with van der Waals surface area (Å²) >= 11 is 0. The van der Waals surface area contributed by atoms with Gasteiger partial charge in [-0.2, -0.15) is 0 Å². The molecular weight excluding hydrogens is 220 g/mol. The van der Waals surface area contributed by atoms with Crippen LogP contribution in [0.15, 0.2) is 0 Å². The molecule has 0 aromatic rings. The van der Waals surface area contributed by atoms with Crippen molar-refractivity contribution >= 4 is 15.8 Å². The van der Waals surface area contributed by atoms with Crippen LogP contribution in [0.25, 0.3) is 0 Å². The van der Waals surface area contributed by atoms with E-state index in [0.29, 0.717) is 0 Å². The summed E-state index contributed by atoms with van der Waals surface area (Å²) in [6.45, 7) is 0.364. The first-order valence-electron chi connectivity index (χ1n) is 4.47. The number of hydrogen-bond acceptors (Lipinski definition) is 6. The summed E-state index contributed by atoms with van der Waals surface area (Å²) in [6, 6.07) is -0.586. The molecule has 2 N–H and O–H groups in total. The van der Waals surface area contributed by atoms with E-state index in [9.17, 15) is 13.2 Å². The van der Waals surface area contributed by atoms with Crippen LogP contribution < -0.4 is 5.73 Å². The second kappa shape index (κ2) is 6.04. The van der Waals surface area contributed by atoms with Crippen LogP contribution in [-0.4, -0.2) is 64.6 Å². The smallest absolute Gasteiger partial charge is 0.324 e. The molecule has 0 bridgehead atoms. The van der Waals surface area contributed by atoms with Crippen molar-refractivity contribution in [2.24, 2.45) is 5.73 Å². The van der Waals surface area contributed by atoms with Crippen molar-refractivity contribution in [2.45, 2.75) is 6.04 Å². The van der Waals surface area contributed by atoms with E-state index < -0.39 is 21.8 Å². The molecule has 0 rings (SSSR count). The van der Waals surface area contributed by atoms with Crippen molar-refractivity contribution in [1.82, 2.24) is 4.90 Å². The lowest BCUT2D eigenvalue weighted by Crippen LogP contribution is -2.46. The van der Waals surface area contributed by atoms with Gasteiger partial charge < -0.3 is 10.5 Å². The molecule has 90 valence electrons. The molecule has 0 heterocycles. The highest BCUT2D eigenvalue weighted by atomic mass is 32.2. The van der Waals surface area contributed by atoms with Crippen LogP contribution in [0.3, 0.4) is 0 Å². The molecule has 0 aliphatic heterocycles. The molecule has 0 aromatic heterocycles. The zero-order chi connectivity index (χ0) is 12.1. The van der Waals surface area contributed by atoms with Crippen LogP contribution in [0, 0.1) is 0 Å². The molecule has 0 fully saturated rings. The molecule has 0 spiro atoms. The number of likely N-dealkylation sites (N-methyl/N-ethyl adjacent to an activating group) is 1. The third-order valence-corrected chi connectivity index (χ3v) is 2.97. The maximum Gasteiger partial charge on any atom is 0.324 e.